The summed E-state index contributed by atoms with van der Waals surface area (Å²) < 4.78 is 0.940. The van der Waals surface area contributed by atoms with Crippen molar-refractivity contribution >= 4 is 66.6 Å². The van der Waals surface area contributed by atoms with Crippen LogP contribution >= 0.6 is 48.0 Å². The Bertz CT molecular complexity index is 384. The summed E-state index contributed by atoms with van der Waals surface area (Å²) in [5.41, 5.74) is 1.38. The summed E-state index contributed by atoms with van der Waals surface area (Å²) in [6.45, 7) is 10.8. The molecule has 0 radical (unpaired) electrons. The van der Waals surface area contributed by atoms with Crippen LogP contribution in [0.3, 0.4) is 0 Å². The van der Waals surface area contributed by atoms with Gasteiger partial charge in [-0.25, -0.2) is 0 Å². The van der Waals surface area contributed by atoms with Gasteiger partial charge in [0.05, 0.1) is 8.39 Å². The molecular weight excluding hydrogens is 304 g/mol. The van der Waals surface area contributed by atoms with Gasteiger partial charge in [0.15, 0.2) is 10.2 Å². The van der Waals surface area contributed by atoms with Gasteiger partial charge in [-0.3, -0.25) is 9.59 Å². The molecule has 0 rings (SSSR count). The molecule has 0 saturated carbocycles. The van der Waals surface area contributed by atoms with Gasteiger partial charge in [0, 0.05) is 12.8 Å². The summed E-state index contributed by atoms with van der Waals surface area (Å²) in [6, 6.07) is 0. The molecule has 98 valence electrons. The molecule has 0 aliphatic rings. The molecule has 6 heteroatoms. The zero-order valence-corrected chi connectivity index (χ0v) is 13.5. The average molecular weight is 319 g/mol. The van der Waals surface area contributed by atoms with E-state index in [2.05, 4.69) is 13.2 Å². The molecule has 0 N–H and O–H groups in total. The number of rotatable bonds is 5. The Balaban J connectivity index is 4.03. The van der Waals surface area contributed by atoms with Gasteiger partial charge in [-0.1, -0.05) is 37.6 Å². The Hall–Kier alpha value is -0.300. The summed E-state index contributed by atoms with van der Waals surface area (Å²) >= 11 is 11.8. The molecule has 0 amide bonds. The normalized spacial score (nSPS) is 9.67. The quantitative estimate of drug-likeness (QED) is 0.561. The molecule has 0 fully saturated rings. The third-order valence-electron chi connectivity index (χ3n) is 1.64. The first-order valence-corrected chi connectivity index (χ1v) is 7.50. The molecule has 0 atom stereocenters. The Labute approximate surface area is 127 Å². The van der Waals surface area contributed by atoms with Gasteiger partial charge in [-0.2, -0.15) is 0 Å². The van der Waals surface area contributed by atoms with Crippen LogP contribution in [0, 0.1) is 0 Å². The molecule has 0 bridgehead atoms. The molecule has 0 aromatic heterocycles. The van der Waals surface area contributed by atoms with Crippen LogP contribution in [0.2, 0.25) is 0 Å². The second kappa shape index (κ2) is 8.74. The lowest BCUT2D eigenvalue weighted by Gasteiger charge is -2.02. The molecule has 0 saturated heterocycles. The van der Waals surface area contributed by atoms with Crippen molar-refractivity contribution in [2.75, 3.05) is 0 Å². The highest BCUT2D eigenvalue weighted by Crippen LogP contribution is 2.19. The molecule has 0 aliphatic carbocycles. The van der Waals surface area contributed by atoms with Crippen LogP contribution in [0.25, 0.3) is 0 Å². The van der Waals surface area contributed by atoms with Crippen molar-refractivity contribution in [3.8, 4) is 0 Å². The number of carbonyl (C=O) groups excluding carboxylic acids is 2. The number of carbonyl (C=O) groups is 2. The van der Waals surface area contributed by atoms with Crippen LogP contribution in [0.15, 0.2) is 24.3 Å². The van der Waals surface area contributed by atoms with Crippen LogP contribution in [-0.4, -0.2) is 18.6 Å². The smallest absolute Gasteiger partial charge is 0.194 e. The molecular formula is C12H14O2S4. The minimum absolute atomic E-state index is 0.127. The highest BCUT2D eigenvalue weighted by atomic mass is 32.2. The lowest BCUT2D eigenvalue weighted by Crippen LogP contribution is -2.03. The second-order valence-electron chi connectivity index (χ2n) is 3.58. The fourth-order valence-electron chi connectivity index (χ4n) is 0.687. The predicted octanol–water partition coefficient (Wildman–Crippen LogP) is 4.09. The van der Waals surface area contributed by atoms with E-state index in [-0.39, 0.29) is 23.1 Å². The fourth-order valence-corrected chi connectivity index (χ4v) is 2.42. The molecule has 0 heterocycles. The average Bonchev–Trinajstić information content (AvgIpc) is 2.25. The molecule has 0 aromatic carbocycles. The highest BCUT2D eigenvalue weighted by molar-refractivity contribution is 8.34. The molecule has 0 unspecified atom stereocenters. The Morgan fingerprint density at radius 3 is 1.39 bits per heavy atom. The largest absolute Gasteiger partial charge is 0.287 e. The summed E-state index contributed by atoms with van der Waals surface area (Å²) in [6.07, 6.45) is 0.311. The Morgan fingerprint density at radius 1 is 0.889 bits per heavy atom. The van der Waals surface area contributed by atoms with E-state index in [1.807, 2.05) is 0 Å². The van der Waals surface area contributed by atoms with E-state index in [9.17, 15) is 9.59 Å². The van der Waals surface area contributed by atoms with E-state index in [1.54, 1.807) is 13.8 Å². The summed E-state index contributed by atoms with van der Waals surface area (Å²) in [5.74, 6) is 0. The first-order chi connectivity index (χ1) is 8.23. The Kier molecular flexibility index (Phi) is 8.60. The molecule has 2 nitrogen and oxygen atoms in total. The van der Waals surface area contributed by atoms with Gasteiger partial charge in [-0.15, -0.1) is 0 Å². The maximum atomic E-state index is 11.5. The highest BCUT2D eigenvalue weighted by Gasteiger charge is 2.12. The zero-order valence-electron chi connectivity index (χ0n) is 10.3. The third kappa shape index (κ3) is 7.92. The minimum Gasteiger partial charge on any atom is -0.287 e. The molecule has 0 aliphatic heterocycles. The SMILES string of the molecule is C=C(C)C(=S)SC(=O)CCC(=O)SC(=S)C(=C)C. The summed E-state index contributed by atoms with van der Waals surface area (Å²) in [4.78, 5) is 23.0. The Morgan fingerprint density at radius 2 is 1.17 bits per heavy atom. The van der Waals surface area contributed by atoms with E-state index in [0.29, 0.717) is 19.5 Å². The topological polar surface area (TPSA) is 34.1 Å². The first-order valence-electron chi connectivity index (χ1n) is 5.05. The van der Waals surface area contributed by atoms with E-state index < -0.39 is 0 Å². The van der Waals surface area contributed by atoms with Crippen LogP contribution in [0.4, 0.5) is 0 Å². The van der Waals surface area contributed by atoms with Crippen LogP contribution in [0.1, 0.15) is 26.7 Å². The number of thiocarbonyl (C=S) groups is 2. The molecule has 18 heavy (non-hydrogen) atoms. The van der Waals surface area contributed by atoms with Crippen molar-refractivity contribution in [3.05, 3.63) is 24.3 Å². The van der Waals surface area contributed by atoms with Crippen molar-refractivity contribution in [3.63, 3.8) is 0 Å². The van der Waals surface area contributed by atoms with Gasteiger partial charge < -0.3 is 0 Å². The standard InChI is InChI=1S/C12H14O2S4/c1-7(2)11(15)17-9(13)5-6-10(14)18-12(16)8(3)4/h1,3,5-6H2,2,4H3. The monoisotopic (exact) mass is 318 g/mol. The van der Waals surface area contributed by atoms with Crippen LogP contribution in [-0.2, 0) is 9.59 Å². The van der Waals surface area contributed by atoms with Crippen molar-refractivity contribution in [2.24, 2.45) is 0 Å². The first kappa shape index (κ1) is 17.7. The molecule has 0 spiro atoms. The molecule has 0 aromatic rings. The van der Waals surface area contributed by atoms with Gasteiger partial charge in [0.2, 0.25) is 0 Å². The van der Waals surface area contributed by atoms with Gasteiger partial charge >= 0.3 is 0 Å². The van der Waals surface area contributed by atoms with E-state index in [1.165, 1.54) is 0 Å². The number of hydrogen-bond acceptors (Lipinski definition) is 6. The van der Waals surface area contributed by atoms with Crippen molar-refractivity contribution in [1.29, 1.82) is 0 Å². The van der Waals surface area contributed by atoms with Crippen molar-refractivity contribution in [1.82, 2.24) is 0 Å². The van der Waals surface area contributed by atoms with Crippen LogP contribution in [0.5, 0.6) is 0 Å². The second-order valence-corrected chi connectivity index (χ2v) is 7.05. The number of thioether (sulfide) groups is 2. The van der Waals surface area contributed by atoms with Gasteiger partial charge in [0.1, 0.15) is 0 Å². The zero-order chi connectivity index (χ0) is 14.3. The maximum Gasteiger partial charge on any atom is 0.194 e. The minimum atomic E-state index is -0.127. The third-order valence-corrected chi connectivity index (χ3v) is 4.77. The van der Waals surface area contributed by atoms with Crippen molar-refractivity contribution in [2.45, 2.75) is 26.7 Å². The van der Waals surface area contributed by atoms with Crippen molar-refractivity contribution < 1.29 is 9.59 Å². The van der Waals surface area contributed by atoms with E-state index in [4.69, 9.17) is 24.4 Å². The van der Waals surface area contributed by atoms with Gasteiger partial charge in [-0.05, 0) is 48.5 Å². The van der Waals surface area contributed by atoms with E-state index >= 15 is 0 Å². The summed E-state index contributed by atoms with van der Waals surface area (Å²) in [7, 11) is 0. The maximum absolute atomic E-state index is 11.5. The predicted molar refractivity (Wildman–Crippen MR) is 89.3 cm³/mol. The fraction of sp³-hybridized carbons (Fsp3) is 0.333. The summed E-state index contributed by atoms with van der Waals surface area (Å²) in [5, 5.41) is -0.253. The van der Waals surface area contributed by atoms with Gasteiger partial charge in [0.25, 0.3) is 0 Å². The lowest BCUT2D eigenvalue weighted by molar-refractivity contribution is -0.115. The number of hydrogen-bond donors (Lipinski definition) is 0. The lowest BCUT2D eigenvalue weighted by atomic mass is 10.4. The van der Waals surface area contributed by atoms with E-state index in [0.717, 1.165) is 23.5 Å². The van der Waals surface area contributed by atoms with Crippen LogP contribution < -0.4 is 0 Å².